The van der Waals surface area contributed by atoms with Crippen LogP contribution in [0.25, 0.3) is 0 Å². The van der Waals surface area contributed by atoms with E-state index in [0.29, 0.717) is 13.1 Å². The zero-order chi connectivity index (χ0) is 17.8. The molecule has 1 aliphatic rings. The van der Waals surface area contributed by atoms with Crippen molar-refractivity contribution in [1.82, 2.24) is 4.90 Å². The first-order chi connectivity index (χ1) is 12.0. The second-order valence-electron chi connectivity index (χ2n) is 6.15. The summed E-state index contributed by atoms with van der Waals surface area (Å²) in [4.78, 5) is 15.1. The highest BCUT2D eigenvalue weighted by Gasteiger charge is 2.30. The van der Waals surface area contributed by atoms with Gasteiger partial charge in [-0.15, -0.1) is 11.8 Å². The molecule has 3 rings (SSSR count). The molecule has 1 unspecified atom stereocenters. The minimum absolute atomic E-state index is 0.0631. The molecule has 1 amide bonds. The van der Waals surface area contributed by atoms with Crippen molar-refractivity contribution in [2.24, 2.45) is 5.73 Å². The van der Waals surface area contributed by atoms with Gasteiger partial charge in [-0.05, 0) is 30.5 Å². The van der Waals surface area contributed by atoms with Crippen LogP contribution in [0.1, 0.15) is 23.7 Å². The van der Waals surface area contributed by atoms with Gasteiger partial charge in [0, 0.05) is 30.1 Å². The van der Waals surface area contributed by atoms with Gasteiger partial charge < -0.3 is 10.6 Å². The van der Waals surface area contributed by atoms with Gasteiger partial charge in [-0.2, -0.15) is 0 Å². The van der Waals surface area contributed by atoms with Crippen molar-refractivity contribution in [1.29, 1.82) is 0 Å². The van der Waals surface area contributed by atoms with Gasteiger partial charge in [0.1, 0.15) is 16.9 Å². The summed E-state index contributed by atoms with van der Waals surface area (Å²) < 4.78 is 27.2. The highest BCUT2D eigenvalue weighted by Crippen LogP contribution is 2.38. The average molecular weight is 362 g/mol. The standard InChI is InChI=1S/C19H20F2N2OS/c20-14-6-7-17(16(21)12-14)25-18(13-4-2-1-3-5-13)19(24)23-10-8-15(22)9-11-23/h1-7,12,15,18H,8-11,22H2. The number of carbonyl (C=O) groups is 1. The van der Waals surface area contributed by atoms with Crippen LogP contribution in [-0.4, -0.2) is 29.9 Å². The summed E-state index contributed by atoms with van der Waals surface area (Å²) in [6.07, 6.45) is 1.53. The zero-order valence-corrected chi connectivity index (χ0v) is 14.5. The van der Waals surface area contributed by atoms with Crippen LogP contribution in [0.3, 0.4) is 0 Å². The molecule has 132 valence electrons. The summed E-state index contributed by atoms with van der Waals surface area (Å²) in [6.45, 7) is 1.21. The largest absolute Gasteiger partial charge is 0.341 e. The van der Waals surface area contributed by atoms with Crippen LogP contribution in [0.5, 0.6) is 0 Å². The minimum Gasteiger partial charge on any atom is -0.341 e. The Hall–Kier alpha value is -1.92. The van der Waals surface area contributed by atoms with E-state index >= 15 is 0 Å². The van der Waals surface area contributed by atoms with E-state index < -0.39 is 16.9 Å². The molecule has 3 nitrogen and oxygen atoms in total. The maximum absolute atomic E-state index is 14.1. The van der Waals surface area contributed by atoms with Crippen molar-refractivity contribution < 1.29 is 13.6 Å². The summed E-state index contributed by atoms with van der Waals surface area (Å²) in [5.41, 5.74) is 6.72. The second-order valence-corrected chi connectivity index (χ2v) is 7.29. The molecule has 0 saturated carbocycles. The molecule has 1 atom stereocenters. The number of hydrogen-bond donors (Lipinski definition) is 1. The lowest BCUT2D eigenvalue weighted by molar-refractivity contribution is -0.131. The highest BCUT2D eigenvalue weighted by molar-refractivity contribution is 8.00. The third-order valence-electron chi connectivity index (χ3n) is 4.32. The van der Waals surface area contributed by atoms with E-state index in [1.54, 1.807) is 4.90 Å². The van der Waals surface area contributed by atoms with E-state index in [4.69, 9.17) is 5.73 Å². The van der Waals surface area contributed by atoms with Crippen molar-refractivity contribution in [2.45, 2.75) is 29.0 Å². The number of nitrogens with two attached hydrogens (primary N) is 1. The zero-order valence-electron chi connectivity index (χ0n) is 13.7. The predicted molar refractivity (Wildman–Crippen MR) is 95.2 cm³/mol. The van der Waals surface area contributed by atoms with Gasteiger partial charge in [-0.3, -0.25) is 4.79 Å². The third kappa shape index (κ3) is 4.38. The van der Waals surface area contributed by atoms with E-state index in [1.807, 2.05) is 30.3 Å². The van der Waals surface area contributed by atoms with Gasteiger partial charge in [0.05, 0.1) is 0 Å². The molecule has 1 aliphatic heterocycles. The topological polar surface area (TPSA) is 46.3 Å². The molecule has 0 aromatic heterocycles. The fourth-order valence-corrected chi connectivity index (χ4v) is 3.99. The molecule has 2 aromatic rings. The molecule has 1 heterocycles. The van der Waals surface area contributed by atoms with Gasteiger partial charge in [-0.25, -0.2) is 8.78 Å². The van der Waals surface area contributed by atoms with Crippen LogP contribution in [0.2, 0.25) is 0 Å². The molecule has 0 aliphatic carbocycles. The molecule has 0 spiro atoms. The first kappa shape index (κ1) is 17.9. The van der Waals surface area contributed by atoms with Gasteiger partial charge in [0.2, 0.25) is 5.91 Å². The lowest BCUT2D eigenvalue weighted by atomic mass is 10.0. The molecular weight excluding hydrogens is 342 g/mol. The fraction of sp³-hybridized carbons (Fsp3) is 0.316. The Morgan fingerprint density at radius 1 is 1.12 bits per heavy atom. The van der Waals surface area contributed by atoms with Crippen molar-refractivity contribution in [2.75, 3.05) is 13.1 Å². The maximum Gasteiger partial charge on any atom is 0.240 e. The average Bonchev–Trinajstić information content (AvgIpc) is 2.62. The Bertz CT molecular complexity index is 733. The predicted octanol–water partition coefficient (Wildman–Crippen LogP) is 3.75. The Morgan fingerprint density at radius 3 is 2.44 bits per heavy atom. The number of likely N-dealkylation sites (tertiary alicyclic amines) is 1. The number of thioether (sulfide) groups is 1. The van der Waals surface area contributed by atoms with Crippen LogP contribution in [0.4, 0.5) is 8.78 Å². The molecule has 1 saturated heterocycles. The summed E-state index contributed by atoms with van der Waals surface area (Å²) in [5, 5.41) is -0.574. The monoisotopic (exact) mass is 362 g/mol. The fourth-order valence-electron chi connectivity index (χ4n) is 2.87. The molecule has 25 heavy (non-hydrogen) atoms. The summed E-state index contributed by atoms with van der Waals surface area (Å²) in [5.74, 6) is -1.35. The van der Waals surface area contributed by atoms with Gasteiger partial charge in [0.25, 0.3) is 0 Å². The summed E-state index contributed by atoms with van der Waals surface area (Å²) in [7, 11) is 0. The van der Waals surface area contributed by atoms with Crippen molar-refractivity contribution >= 4 is 17.7 Å². The molecule has 2 aromatic carbocycles. The van der Waals surface area contributed by atoms with Gasteiger partial charge in [0.15, 0.2) is 0 Å². The van der Waals surface area contributed by atoms with Crippen LogP contribution < -0.4 is 5.73 Å². The lowest BCUT2D eigenvalue weighted by Crippen LogP contribution is -2.44. The van der Waals surface area contributed by atoms with Crippen molar-refractivity contribution in [3.8, 4) is 0 Å². The SMILES string of the molecule is NC1CCN(C(=O)C(Sc2ccc(F)cc2F)c2ccccc2)CC1. The lowest BCUT2D eigenvalue weighted by Gasteiger charge is -2.33. The van der Waals surface area contributed by atoms with E-state index in [9.17, 15) is 13.6 Å². The molecule has 6 heteroatoms. The molecule has 1 fully saturated rings. The number of nitrogens with zero attached hydrogens (tertiary/aromatic N) is 1. The van der Waals surface area contributed by atoms with Crippen molar-refractivity contribution in [3.05, 3.63) is 65.7 Å². The van der Waals surface area contributed by atoms with Crippen LogP contribution in [-0.2, 0) is 4.79 Å². The van der Waals surface area contributed by atoms with Crippen molar-refractivity contribution in [3.63, 3.8) is 0 Å². The normalized spacial score (nSPS) is 16.7. The number of amides is 1. The van der Waals surface area contributed by atoms with E-state index in [1.165, 1.54) is 12.1 Å². The number of hydrogen-bond acceptors (Lipinski definition) is 3. The van der Waals surface area contributed by atoms with E-state index in [0.717, 1.165) is 36.2 Å². The van der Waals surface area contributed by atoms with Crippen LogP contribution in [0.15, 0.2) is 53.4 Å². The number of halogens is 2. The Morgan fingerprint density at radius 2 is 1.80 bits per heavy atom. The smallest absolute Gasteiger partial charge is 0.240 e. The Balaban J connectivity index is 1.86. The second kappa shape index (κ2) is 7.97. The first-order valence-corrected chi connectivity index (χ1v) is 9.13. The number of rotatable bonds is 4. The van der Waals surface area contributed by atoms with Gasteiger partial charge in [-0.1, -0.05) is 30.3 Å². The number of piperidine rings is 1. The third-order valence-corrected chi connectivity index (χ3v) is 5.61. The molecule has 2 N–H and O–H groups in total. The van der Waals surface area contributed by atoms with Crippen LogP contribution in [0, 0.1) is 11.6 Å². The first-order valence-electron chi connectivity index (χ1n) is 8.25. The summed E-state index contributed by atoms with van der Waals surface area (Å²) in [6, 6.07) is 12.8. The molecule has 0 bridgehead atoms. The Labute approximate surface area is 150 Å². The highest BCUT2D eigenvalue weighted by atomic mass is 32.2. The maximum atomic E-state index is 14.1. The molecular formula is C19H20F2N2OS. The quantitative estimate of drug-likeness (QED) is 0.843. The number of carbonyl (C=O) groups excluding carboxylic acids is 1. The van der Waals surface area contributed by atoms with E-state index in [2.05, 4.69) is 0 Å². The van der Waals surface area contributed by atoms with Crippen LogP contribution >= 0.6 is 11.8 Å². The van der Waals surface area contributed by atoms with E-state index in [-0.39, 0.29) is 16.8 Å². The minimum atomic E-state index is -0.653. The number of benzene rings is 2. The van der Waals surface area contributed by atoms with Gasteiger partial charge >= 0.3 is 0 Å². The molecule has 0 radical (unpaired) electrons. The Kier molecular flexibility index (Phi) is 5.71. The summed E-state index contributed by atoms with van der Waals surface area (Å²) >= 11 is 1.12.